The highest BCUT2D eigenvalue weighted by atomic mass is 15.1. The molecule has 2 heteroatoms. The van der Waals surface area contributed by atoms with E-state index >= 15 is 0 Å². The summed E-state index contributed by atoms with van der Waals surface area (Å²) >= 11 is 0. The van der Waals surface area contributed by atoms with Crippen LogP contribution in [0, 0.1) is 11.3 Å². The average Bonchev–Trinajstić information content (AvgIpc) is 2.28. The van der Waals surface area contributed by atoms with E-state index in [0.29, 0.717) is 0 Å². The topological polar surface area (TPSA) is 29.3 Å². The summed E-state index contributed by atoms with van der Waals surface area (Å²) < 4.78 is 0. The molecule has 2 rings (SSSR count). The molecule has 1 aromatic rings. The largest absolute Gasteiger partial charge is 0.370 e. The standard InChI is InChI=1S/C16H26N2/c1-12-9-14-7-5-6-8-15(14)18(10-12)11-16(3,4)13(2)17/h5-8,12-13H,9-11,17H2,1-4H3. The van der Waals surface area contributed by atoms with Crippen molar-refractivity contribution in [3.05, 3.63) is 29.8 Å². The van der Waals surface area contributed by atoms with Crippen LogP contribution in [0.1, 0.15) is 33.3 Å². The maximum Gasteiger partial charge on any atom is 0.0399 e. The van der Waals surface area contributed by atoms with Crippen LogP contribution in [0.3, 0.4) is 0 Å². The molecular weight excluding hydrogens is 220 g/mol. The van der Waals surface area contributed by atoms with E-state index in [9.17, 15) is 0 Å². The first-order valence-electron chi connectivity index (χ1n) is 6.98. The summed E-state index contributed by atoms with van der Waals surface area (Å²) in [5.41, 5.74) is 9.15. The molecule has 1 aliphatic heterocycles. The molecule has 2 nitrogen and oxygen atoms in total. The van der Waals surface area contributed by atoms with Crippen LogP contribution in [0.15, 0.2) is 24.3 Å². The first kappa shape index (κ1) is 13.4. The summed E-state index contributed by atoms with van der Waals surface area (Å²) in [6, 6.07) is 9.00. The Hall–Kier alpha value is -1.02. The summed E-state index contributed by atoms with van der Waals surface area (Å²) in [7, 11) is 0. The van der Waals surface area contributed by atoms with Gasteiger partial charge in [0.05, 0.1) is 0 Å². The predicted octanol–water partition coefficient (Wildman–Crippen LogP) is 3.06. The van der Waals surface area contributed by atoms with Crippen LogP contribution in [0.25, 0.3) is 0 Å². The lowest BCUT2D eigenvalue weighted by atomic mass is 9.83. The van der Waals surface area contributed by atoms with Gasteiger partial charge in [0.15, 0.2) is 0 Å². The number of anilines is 1. The van der Waals surface area contributed by atoms with Crippen molar-refractivity contribution in [2.75, 3.05) is 18.0 Å². The second kappa shape index (κ2) is 4.93. The molecule has 2 atom stereocenters. The van der Waals surface area contributed by atoms with Crippen LogP contribution < -0.4 is 10.6 Å². The molecule has 2 unspecified atom stereocenters. The van der Waals surface area contributed by atoms with E-state index in [1.807, 2.05) is 0 Å². The molecule has 0 fully saturated rings. The smallest absolute Gasteiger partial charge is 0.0399 e. The highest BCUT2D eigenvalue weighted by molar-refractivity contribution is 5.55. The van der Waals surface area contributed by atoms with E-state index in [0.717, 1.165) is 19.0 Å². The van der Waals surface area contributed by atoms with Gasteiger partial charge in [0, 0.05) is 24.8 Å². The molecular formula is C16H26N2. The zero-order valence-corrected chi connectivity index (χ0v) is 12.1. The molecule has 0 saturated carbocycles. The maximum absolute atomic E-state index is 6.12. The van der Waals surface area contributed by atoms with Gasteiger partial charge in [-0.1, -0.05) is 39.0 Å². The molecule has 1 aromatic carbocycles. The van der Waals surface area contributed by atoms with Crippen molar-refractivity contribution in [2.24, 2.45) is 17.1 Å². The normalized spacial score (nSPS) is 21.6. The molecule has 0 bridgehead atoms. The third-order valence-electron chi connectivity index (χ3n) is 4.26. The molecule has 1 aliphatic rings. The van der Waals surface area contributed by atoms with Crippen molar-refractivity contribution in [3.63, 3.8) is 0 Å². The van der Waals surface area contributed by atoms with Gasteiger partial charge in [-0.2, -0.15) is 0 Å². The number of nitrogens with zero attached hydrogens (tertiary/aromatic N) is 1. The van der Waals surface area contributed by atoms with E-state index in [-0.39, 0.29) is 11.5 Å². The Kier molecular flexibility index (Phi) is 3.67. The van der Waals surface area contributed by atoms with E-state index in [1.165, 1.54) is 17.7 Å². The number of fused-ring (bicyclic) bond motifs is 1. The fourth-order valence-corrected chi connectivity index (χ4v) is 2.69. The Morgan fingerprint density at radius 3 is 2.72 bits per heavy atom. The van der Waals surface area contributed by atoms with Crippen LogP contribution in [0.4, 0.5) is 5.69 Å². The maximum atomic E-state index is 6.12. The summed E-state index contributed by atoms with van der Waals surface area (Å²) in [6.45, 7) is 11.2. The van der Waals surface area contributed by atoms with Gasteiger partial charge < -0.3 is 10.6 Å². The summed E-state index contributed by atoms with van der Waals surface area (Å²) in [6.07, 6.45) is 1.20. The average molecular weight is 246 g/mol. The Labute approximate surface area is 111 Å². The summed E-state index contributed by atoms with van der Waals surface area (Å²) in [4.78, 5) is 2.52. The van der Waals surface area contributed by atoms with Crippen molar-refractivity contribution in [3.8, 4) is 0 Å². The number of hydrogen-bond acceptors (Lipinski definition) is 2. The number of para-hydroxylation sites is 1. The predicted molar refractivity (Wildman–Crippen MR) is 79.0 cm³/mol. The number of benzene rings is 1. The fourth-order valence-electron chi connectivity index (χ4n) is 2.69. The zero-order valence-electron chi connectivity index (χ0n) is 12.1. The van der Waals surface area contributed by atoms with Crippen molar-refractivity contribution in [1.29, 1.82) is 0 Å². The SMILES string of the molecule is CC1Cc2ccccc2N(CC(C)(C)C(C)N)C1. The van der Waals surface area contributed by atoms with Crippen LogP contribution in [0.5, 0.6) is 0 Å². The van der Waals surface area contributed by atoms with E-state index < -0.39 is 0 Å². The molecule has 0 radical (unpaired) electrons. The van der Waals surface area contributed by atoms with Gasteiger partial charge in [-0.3, -0.25) is 0 Å². The third kappa shape index (κ3) is 2.69. The Morgan fingerprint density at radius 2 is 2.06 bits per heavy atom. The van der Waals surface area contributed by atoms with Crippen molar-refractivity contribution < 1.29 is 0 Å². The quantitative estimate of drug-likeness (QED) is 0.888. The third-order valence-corrected chi connectivity index (χ3v) is 4.26. The first-order chi connectivity index (χ1) is 8.40. The lowest BCUT2D eigenvalue weighted by molar-refractivity contribution is 0.296. The molecule has 0 aliphatic carbocycles. The van der Waals surface area contributed by atoms with Gasteiger partial charge in [-0.05, 0) is 36.3 Å². The zero-order chi connectivity index (χ0) is 13.3. The number of hydrogen-bond donors (Lipinski definition) is 1. The van der Waals surface area contributed by atoms with Gasteiger partial charge in [-0.15, -0.1) is 0 Å². The van der Waals surface area contributed by atoms with Crippen LogP contribution >= 0.6 is 0 Å². The van der Waals surface area contributed by atoms with E-state index in [2.05, 4.69) is 56.9 Å². The minimum atomic E-state index is 0.143. The monoisotopic (exact) mass is 246 g/mol. The molecule has 1 heterocycles. The Balaban J connectivity index is 2.24. The van der Waals surface area contributed by atoms with Gasteiger partial charge in [0.25, 0.3) is 0 Å². The molecule has 100 valence electrons. The molecule has 0 saturated heterocycles. The van der Waals surface area contributed by atoms with Crippen LogP contribution in [0.2, 0.25) is 0 Å². The highest BCUT2D eigenvalue weighted by Crippen LogP contribution is 2.32. The Bertz CT molecular complexity index is 409. The van der Waals surface area contributed by atoms with Crippen LogP contribution in [-0.4, -0.2) is 19.1 Å². The summed E-state index contributed by atoms with van der Waals surface area (Å²) in [5, 5.41) is 0. The molecule has 0 spiro atoms. The lowest BCUT2D eigenvalue weighted by Crippen LogP contribution is -2.47. The second-order valence-electron chi connectivity index (χ2n) is 6.60. The highest BCUT2D eigenvalue weighted by Gasteiger charge is 2.29. The minimum absolute atomic E-state index is 0.143. The van der Waals surface area contributed by atoms with Gasteiger partial charge in [-0.25, -0.2) is 0 Å². The van der Waals surface area contributed by atoms with Crippen molar-refractivity contribution in [1.82, 2.24) is 0 Å². The lowest BCUT2D eigenvalue weighted by Gasteiger charge is -2.41. The second-order valence-corrected chi connectivity index (χ2v) is 6.60. The fraction of sp³-hybridized carbons (Fsp3) is 0.625. The summed E-state index contributed by atoms with van der Waals surface area (Å²) in [5.74, 6) is 0.726. The van der Waals surface area contributed by atoms with Gasteiger partial charge in [0.1, 0.15) is 0 Å². The first-order valence-corrected chi connectivity index (χ1v) is 6.98. The number of rotatable bonds is 3. The molecule has 18 heavy (non-hydrogen) atoms. The molecule has 0 aromatic heterocycles. The van der Waals surface area contributed by atoms with E-state index in [4.69, 9.17) is 5.73 Å². The van der Waals surface area contributed by atoms with Crippen LogP contribution in [-0.2, 0) is 6.42 Å². The molecule has 2 N–H and O–H groups in total. The Morgan fingerprint density at radius 1 is 1.39 bits per heavy atom. The number of nitrogens with two attached hydrogens (primary N) is 1. The van der Waals surface area contributed by atoms with Crippen molar-refractivity contribution >= 4 is 5.69 Å². The van der Waals surface area contributed by atoms with Crippen molar-refractivity contribution in [2.45, 2.75) is 40.2 Å². The minimum Gasteiger partial charge on any atom is -0.370 e. The van der Waals surface area contributed by atoms with E-state index in [1.54, 1.807) is 0 Å². The molecule has 0 amide bonds. The van der Waals surface area contributed by atoms with Gasteiger partial charge in [0.2, 0.25) is 0 Å². The van der Waals surface area contributed by atoms with Gasteiger partial charge >= 0.3 is 0 Å².